The van der Waals surface area contributed by atoms with Crippen LogP contribution in [0.3, 0.4) is 0 Å². The van der Waals surface area contributed by atoms with E-state index in [1.807, 2.05) is 23.1 Å². The second-order valence-electron chi connectivity index (χ2n) is 5.77. The van der Waals surface area contributed by atoms with Gasteiger partial charge in [0.05, 0.1) is 6.54 Å². The molecule has 0 bridgehead atoms. The molecular formula is C17H30IN3OS2. The maximum atomic E-state index is 5.51. The smallest absolute Gasteiger partial charge is 0.191 e. The molecule has 0 aliphatic carbocycles. The van der Waals surface area contributed by atoms with E-state index in [1.54, 1.807) is 0 Å². The van der Waals surface area contributed by atoms with Crippen LogP contribution in [0, 0.1) is 0 Å². The summed E-state index contributed by atoms with van der Waals surface area (Å²) in [7, 11) is 0. The molecule has 0 saturated carbocycles. The lowest BCUT2D eigenvalue weighted by molar-refractivity contribution is 0.0783. The molecule has 0 amide bonds. The number of thioether (sulfide) groups is 1. The van der Waals surface area contributed by atoms with Crippen LogP contribution in [-0.4, -0.2) is 43.3 Å². The van der Waals surface area contributed by atoms with Crippen LogP contribution < -0.4 is 10.6 Å². The average Bonchev–Trinajstić information content (AvgIpc) is 3.06. The highest BCUT2D eigenvalue weighted by Crippen LogP contribution is 2.32. The summed E-state index contributed by atoms with van der Waals surface area (Å²) in [6.07, 6.45) is 5.51. The molecule has 2 heterocycles. The first-order valence-electron chi connectivity index (χ1n) is 8.44. The third-order valence-electron chi connectivity index (χ3n) is 4.22. The van der Waals surface area contributed by atoms with Crippen LogP contribution in [0.5, 0.6) is 0 Å². The van der Waals surface area contributed by atoms with Gasteiger partial charge < -0.3 is 15.4 Å². The zero-order chi connectivity index (χ0) is 16.5. The van der Waals surface area contributed by atoms with Crippen molar-refractivity contribution in [2.45, 2.75) is 44.4 Å². The Morgan fingerprint density at radius 1 is 1.25 bits per heavy atom. The lowest BCUT2D eigenvalue weighted by Gasteiger charge is -2.36. The van der Waals surface area contributed by atoms with E-state index < -0.39 is 0 Å². The van der Waals surface area contributed by atoms with Crippen LogP contribution >= 0.6 is 47.1 Å². The quantitative estimate of drug-likeness (QED) is 0.351. The second-order valence-corrected chi connectivity index (χ2v) is 8.30. The van der Waals surface area contributed by atoms with E-state index in [9.17, 15) is 0 Å². The Morgan fingerprint density at radius 3 is 2.54 bits per heavy atom. The molecule has 2 N–H and O–H groups in total. The summed E-state index contributed by atoms with van der Waals surface area (Å²) in [5.41, 5.74) is 0. The minimum atomic E-state index is 0. The van der Waals surface area contributed by atoms with E-state index >= 15 is 0 Å². The molecule has 4 nitrogen and oxygen atoms in total. The Labute approximate surface area is 171 Å². The van der Waals surface area contributed by atoms with Crippen molar-refractivity contribution in [3.05, 3.63) is 21.9 Å². The first-order chi connectivity index (χ1) is 11.2. The fourth-order valence-electron chi connectivity index (χ4n) is 2.64. The topological polar surface area (TPSA) is 45.7 Å². The minimum absolute atomic E-state index is 0. The van der Waals surface area contributed by atoms with Gasteiger partial charge in [-0.05, 0) is 44.6 Å². The van der Waals surface area contributed by atoms with Gasteiger partial charge in [0.1, 0.15) is 0 Å². The molecule has 1 saturated heterocycles. The van der Waals surface area contributed by atoms with E-state index in [2.05, 4.69) is 42.9 Å². The number of hydrogen-bond donors (Lipinski definition) is 2. The van der Waals surface area contributed by atoms with Crippen LogP contribution in [0.25, 0.3) is 0 Å². The first-order valence-corrected chi connectivity index (χ1v) is 10.5. The summed E-state index contributed by atoms with van der Waals surface area (Å²) in [4.78, 5) is 7.50. The molecule has 1 aliphatic rings. The van der Waals surface area contributed by atoms with Gasteiger partial charge in [0.2, 0.25) is 0 Å². The van der Waals surface area contributed by atoms with Crippen molar-refractivity contribution in [1.29, 1.82) is 0 Å². The number of nitrogens with one attached hydrogen (secondary N) is 2. The SMILES string of the molecule is CCNC(=NCc1ccc(CC)s1)NCC1(SC)CCOCC1.I. The molecular weight excluding hydrogens is 453 g/mol. The highest BCUT2D eigenvalue weighted by molar-refractivity contribution is 14.0. The number of hydrogen-bond acceptors (Lipinski definition) is 4. The van der Waals surface area contributed by atoms with Crippen LogP contribution in [-0.2, 0) is 17.7 Å². The summed E-state index contributed by atoms with van der Waals surface area (Å²) >= 11 is 3.81. The number of rotatable bonds is 7. The minimum Gasteiger partial charge on any atom is -0.381 e. The standard InChI is InChI=1S/C17H29N3OS2.HI/c1-4-14-6-7-15(23-14)12-19-16(18-5-2)20-13-17(22-3)8-10-21-11-9-17;/h6-7H,4-5,8-13H2,1-3H3,(H2,18,19,20);1H. The van der Waals surface area contributed by atoms with Crippen LogP contribution in [0.2, 0.25) is 0 Å². The Balaban J connectivity index is 0.00000288. The fourth-order valence-corrected chi connectivity index (χ4v) is 4.31. The van der Waals surface area contributed by atoms with Gasteiger partial charge in [-0.15, -0.1) is 35.3 Å². The van der Waals surface area contributed by atoms with Crippen LogP contribution in [0.4, 0.5) is 0 Å². The highest BCUT2D eigenvalue weighted by Gasteiger charge is 2.31. The van der Waals surface area contributed by atoms with E-state index in [4.69, 9.17) is 9.73 Å². The molecule has 0 aromatic carbocycles. The summed E-state index contributed by atoms with van der Waals surface area (Å²) in [5.74, 6) is 0.916. The van der Waals surface area contributed by atoms with Crippen LogP contribution in [0.1, 0.15) is 36.4 Å². The third kappa shape index (κ3) is 6.72. The molecule has 0 unspecified atom stereocenters. The molecule has 24 heavy (non-hydrogen) atoms. The molecule has 1 aliphatic heterocycles. The molecule has 2 rings (SSSR count). The molecule has 7 heteroatoms. The fraction of sp³-hybridized carbons (Fsp3) is 0.706. The van der Waals surface area contributed by atoms with Crippen molar-refractivity contribution < 1.29 is 4.74 Å². The molecule has 1 aromatic heterocycles. The van der Waals surface area contributed by atoms with Crippen molar-refractivity contribution in [2.75, 3.05) is 32.6 Å². The van der Waals surface area contributed by atoms with E-state index in [0.29, 0.717) is 0 Å². The van der Waals surface area contributed by atoms with Crippen molar-refractivity contribution in [3.63, 3.8) is 0 Å². The number of ether oxygens (including phenoxy) is 1. The summed E-state index contributed by atoms with van der Waals surface area (Å²) < 4.78 is 5.78. The van der Waals surface area contributed by atoms with Gasteiger partial charge in [0, 0.05) is 40.8 Å². The van der Waals surface area contributed by atoms with Crippen molar-refractivity contribution >= 4 is 53.0 Å². The zero-order valence-corrected chi connectivity index (χ0v) is 18.9. The lowest BCUT2D eigenvalue weighted by atomic mass is 9.99. The van der Waals surface area contributed by atoms with Gasteiger partial charge in [-0.25, -0.2) is 4.99 Å². The van der Waals surface area contributed by atoms with E-state index in [1.165, 1.54) is 9.75 Å². The maximum Gasteiger partial charge on any atom is 0.191 e. The summed E-state index contributed by atoms with van der Waals surface area (Å²) in [6, 6.07) is 4.40. The van der Waals surface area contributed by atoms with Crippen molar-refractivity contribution in [2.24, 2.45) is 4.99 Å². The molecule has 0 atom stereocenters. The molecule has 138 valence electrons. The van der Waals surface area contributed by atoms with Gasteiger partial charge in [0.25, 0.3) is 0 Å². The van der Waals surface area contributed by atoms with Gasteiger partial charge in [-0.1, -0.05) is 6.92 Å². The lowest BCUT2D eigenvalue weighted by Crippen LogP contribution is -2.47. The van der Waals surface area contributed by atoms with E-state index in [0.717, 1.165) is 58.1 Å². The monoisotopic (exact) mass is 483 g/mol. The Bertz CT molecular complexity index is 502. The Hall–Kier alpha value is 0.01000. The number of nitrogens with zero attached hydrogens (tertiary/aromatic N) is 1. The number of guanidine groups is 1. The molecule has 0 radical (unpaired) electrons. The van der Waals surface area contributed by atoms with Crippen LogP contribution in [0.15, 0.2) is 17.1 Å². The molecule has 0 spiro atoms. The largest absolute Gasteiger partial charge is 0.381 e. The van der Waals surface area contributed by atoms with Gasteiger partial charge in [0.15, 0.2) is 5.96 Å². The Morgan fingerprint density at radius 2 is 1.96 bits per heavy atom. The van der Waals surface area contributed by atoms with Gasteiger partial charge in [-0.3, -0.25) is 0 Å². The average molecular weight is 483 g/mol. The highest BCUT2D eigenvalue weighted by atomic mass is 127. The van der Waals surface area contributed by atoms with E-state index in [-0.39, 0.29) is 28.7 Å². The Kier molecular flexibility index (Phi) is 10.7. The maximum absolute atomic E-state index is 5.51. The van der Waals surface area contributed by atoms with Crippen molar-refractivity contribution in [1.82, 2.24) is 10.6 Å². The predicted molar refractivity (Wildman–Crippen MR) is 118 cm³/mol. The second kappa shape index (κ2) is 11.6. The first kappa shape index (κ1) is 22.1. The normalized spacial score (nSPS) is 17.2. The number of halogens is 1. The van der Waals surface area contributed by atoms with Gasteiger partial charge in [-0.2, -0.15) is 11.8 Å². The summed E-state index contributed by atoms with van der Waals surface area (Å²) in [5, 5.41) is 6.90. The third-order valence-corrected chi connectivity index (χ3v) is 6.85. The molecule has 1 fully saturated rings. The van der Waals surface area contributed by atoms with Gasteiger partial charge >= 0.3 is 0 Å². The zero-order valence-electron chi connectivity index (χ0n) is 14.9. The molecule has 1 aromatic rings. The number of thiophene rings is 1. The predicted octanol–water partition coefficient (Wildman–Crippen LogP) is 3.90. The van der Waals surface area contributed by atoms with Crippen molar-refractivity contribution in [3.8, 4) is 0 Å². The summed E-state index contributed by atoms with van der Waals surface area (Å²) in [6.45, 7) is 8.60. The number of aliphatic imine (C=N–C) groups is 1. The number of aryl methyl sites for hydroxylation is 1.